The highest BCUT2D eigenvalue weighted by Crippen LogP contribution is 2.27. The molecule has 0 saturated carbocycles. The summed E-state index contributed by atoms with van der Waals surface area (Å²) in [4.78, 5) is 11.4. The lowest BCUT2D eigenvalue weighted by Crippen LogP contribution is -2.31. The van der Waals surface area contributed by atoms with Crippen LogP contribution < -0.4 is 5.32 Å². The number of anilines is 2. The first-order valence-corrected chi connectivity index (χ1v) is 7.66. The molecular weight excluding hydrogens is 272 g/mol. The lowest BCUT2D eigenvalue weighted by molar-refractivity contribution is 0.248. The zero-order valence-corrected chi connectivity index (χ0v) is 12.5. The molecule has 2 aromatic heterocycles. The zero-order valence-electron chi connectivity index (χ0n) is 11.7. The Hall–Kier alpha value is -1.60. The van der Waals surface area contributed by atoms with Gasteiger partial charge in [-0.15, -0.1) is 10.2 Å². The minimum absolute atomic E-state index is 0.491. The van der Waals surface area contributed by atoms with E-state index in [0.717, 1.165) is 29.0 Å². The molecule has 3 heterocycles. The van der Waals surface area contributed by atoms with Gasteiger partial charge in [0.25, 0.3) is 0 Å². The van der Waals surface area contributed by atoms with Crippen LogP contribution >= 0.6 is 11.3 Å². The minimum Gasteiger partial charge on any atom is -0.315 e. The fraction of sp³-hybridized carbons (Fsp3) is 0.538. The summed E-state index contributed by atoms with van der Waals surface area (Å²) in [6.07, 6.45) is 2.42. The van der Waals surface area contributed by atoms with Crippen LogP contribution in [0.5, 0.6) is 0 Å². The molecule has 1 N–H and O–H groups in total. The van der Waals surface area contributed by atoms with E-state index < -0.39 is 0 Å². The van der Waals surface area contributed by atoms with Crippen molar-refractivity contribution in [2.75, 3.05) is 25.5 Å². The number of rotatable bonds is 3. The fourth-order valence-electron chi connectivity index (χ4n) is 2.61. The van der Waals surface area contributed by atoms with Crippen molar-refractivity contribution in [2.45, 2.75) is 25.7 Å². The summed E-state index contributed by atoms with van der Waals surface area (Å²) >= 11 is 1.46. The molecule has 0 spiro atoms. The van der Waals surface area contributed by atoms with Gasteiger partial charge < -0.3 is 10.2 Å². The van der Waals surface area contributed by atoms with Gasteiger partial charge in [0.2, 0.25) is 5.13 Å². The van der Waals surface area contributed by atoms with E-state index in [-0.39, 0.29) is 0 Å². The molecule has 1 saturated heterocycles. The molecule has 0 unspecified atom stereocenters. The Morgan fingerprint density at radius 2 is 2.30 bits per heavy atom. The van der Waals surface area contributed by atoms with Crippen LogP contribution in [0.15, 0.2) is 11.6 Å². The van der Waals surface area contributed by atoms with Crippen molar-refractivity contribution in [1.29, 1.82) is 0 Å². The summed E-state index contributed by atoms with van der Waals surface area (Å²) in [7, 11) is 2.17. The van der Waals surface area contributed by atoms with Gasteiger partial charge in [-0.2, -0.15) is 0 Å². The molecule has 6 nitrogen and oxygen atoms in total. The van der Waals surface area contributed by atoms with Crippen LogP contribution in [-0.2, 0) is 0 Å². The second-order valence-corrected chi connectivity index (χ2v) is 6.03. The maximum absolute atomic E-state index is 4.61. The first-order chi connectivity index (χ1) is 9.70. The molecule has 1 aliphatic heterocycles. The maximum atomic E-state index is 4.61. The van der Waals surface area contributed by atoms with Crippen LogP contribution in [-0.4, -0.2) is 45.2 Å². The number of likely N-dealkylation sites (tertiary alicyclic amines) is 1. The van der Waals surface area contributed by atoms with Crippen LogP contribution in [0.2, 0.25) is 0 Å². The van der Waals surface area contributed by atoms with E-state index in [9.17, 15) is 0 Å². The summed E-state index contributed by atoms with van der Waals surface area (Å²) in [6, 6.07) is 2.04. The van der Waals surface area contributed by atoms with Crippen molar-refractivity contribution in [1.82, 2.24) is 25.1 Å². The van der Waals surface area contributed by atoms with Gasteiger partial charge in [0.05, 0.1) is 5.69 Å². The number of aromatic nitrogens is 4. The average Bonchev–Trinajstić information content (AvgIpc) is 2.91. The van der Waals surface area contributed by atoms with Gasteiger partial charge >= 0.3 is 0 Å². The Morgan fingerprint density at radius 3 is 3.05 bits per heavy atom. The predicted octanol–water partition coefficient (Wildman–Crippen LogP) is 2.19. The highest BCUT2D eigenvalue weighted by Gasteiger charge is 2.21. The number of aryl methyl sites for hydroxylation is 1. The molecule has 0 aliphatic carbocycles. The highest BCUT2D eigenvalue weighted by atomic mass is 32.1. The molecule has 0 bridgehead atoms. The van der Waals surface area contributed by atoms with E-state index in [2.05, 4.69) is 37.4 Å². The Kier molecular flexibility index (Phi) is 3.88. The number of piperidine rings is 1. The van der Waals surface area contributed by atoms with Crippen molar-refractivity contribution < 1.29 is 0 Å². The molecule has 1 fully saturated rings. The van der Waals surface area contributed by atoms with Gasteiger partial charge in [-0.25, -0.2) is 9.97 Å². The third-order valence-electron chi connectivity index (χ3n) is 3.50. The monoisotopic (exact) mass is 290 g/mol. The van der Waals surface area contributed by atoms with E-state index >= 15 is 0 Å². The Balaban J connectivity index is 1.82. The Morgan fingerprint density at radius 1 is 1.40 bits per heavy atom. The van der Waals surface area contributed by atoms with Crippen LogP contribution in [0, 0.1) is 6.92 Å². The predicted molar refractivity (Wildman–Crippen MR) is 79.4 cm³/mol. The molecule has 0 radical (unpaired) electrons. The third kappa shape index (κ3) is 3.10. The minimum atomic E-state index is 0.491. The molecular formula is C13H18N6S. The molecule has 106 valence electrons. The lowest BCUT2D eigenvalue weighted by atomic mass is 9.95. The lowest BCUT2D eigenvalue weighted by Gasteiger charge is -2.29. The molecule has 1 aliphatic rings. The summed E-state index contributed by atoms with van der Waals surface area (Å²) in [6.45, 7) is 4.17. The van der Waals surface area contributed by atoms with Crippen LogP contribution in [0.1, 0.15) is 30.3 Å². The van der Waals surface area contributed by atoms with Crippen LogP contribution in [0.3, 0.4) is 0 Å². The van der Waals surface area contributed by atoms with E-state index in [0.29, 0.717) is 5.92 Å². The van der Waals surface area contributed by atoms with Crippen molar-refractivity contribution in [2.24, 2.45) is 0 Å². The standard InChI is InChI=1S/C13H18N6S/c1-9-15-11(10-4-3-5-19(2)7-10)6-12(16-9)17-13-18-14-8-20-13/h6,8,10H,3-5,7H2,1-2H3,(H,15,16,17,18)/t10-/m0/s1. The zero-order chi connectivity index (χ0) is 13.9. The third-order valence-corrected chi connectivity index (χ3v) is 4.10. The SMILES string of the molecule is Cc1nc(Nc2nncs2)cc([C@H]2CCCN(C)C2)n1. The van der Waals surface area contributed by atoms with Crippen molar-refractivity contribution in [3.05, 3.63) is 23.1 Å². The molecule has 1 atom stereocenters. The molecule has 2 aromatic rings. The topological polar surface area (TPSA) is 66.8 Å². The van der Waals surface area contributed by atoms with Crippen LogP contribution in [0.25, 0.3) is 0 Å². The largest absolute Gasteiger partial charge is 0.315 e. The van der Waals surface area contributed by atoms with Crippen molar-refractivity contribution in [3.8, 4) is 0 Å². The number of likely N-dealkylation sites (N-methyl/N-ethyl adjacent to an activating group) is 1. The van der Waals surface area contributed by atoms with Gasteiger partial charge in [-0.3, -0.25) is 0 Å². The number of hydrogen-bond acceptors (Lipinski definition) is 7. The molecule has 20 heavy (non-hydrogen) atoms. The smallest absolute Gasteiger partial charge is 0.210 e. The second kappa shape index (κ2) is 5.80. The van der Waals surface area contributed by atoms with Gasteiger partial charge in [-0.05, 0) is 33.4 Å². The molecule has 7 heteroatoms. The normalized spacial score (nSPS) is 20.0. The highest BCUT2D eigenvalue weighted by molar-refractivity contribution is 7.13. The Bertz CT molecular complexity index is 570. The first-order valence-electron chi connectivity index (χ1n) is 6.78. The second-order valence-electron chi connectivity index (χ2n) is 5.20. The maximum Gasteiger partial charge on any atom is 0.210 e. The number of nitrogens with one attached hydrogen (secondary N) is 1. The van der Waals surface area contributed by atoms with E-state index in [1.165, 1.54) is 30.7 Å². The van der Waals surface area contributed by atoms with E-state index in [4.69, 9.17) is 0 Å². The average molecular weight is 290 g/mol. The van der Waals surface area contributed by atoms with Gasteiger partial charge in [0.15, 0.2) is 0 Å². The van der Waals surface area contributed by atoms with Gasteiger partial charge in [-0.1, -0.05) is 11.3 Å². The van der Waals surface area contributed by atoms with Gasteiger partial charge in [0.1, 0.15) is 17.2 Å². The van der Waals surface area contributed by atoms with E-state index in [1.807, 2.05) is 13.0 Å². The van der Waals surface area contributed by atoms with Crippen molar-refractivity contribution in [3.63, 3.8) is 0 Å². The van der Waals surface area contributed by atoms with Crippen LogP contribution in [0.4, 0.5) is 10.9 Å². The molecule has 3 rings (SSSR count). The fourth-order valence-corrected chi connectivity index (χ4v) is 3.06. The van der Waals surface area contributed by atoms with Gasteiger partial charge in [0, 0.05) is 18.5 Å². The summed E-state index contributed by atoms with van der Waals surface area (Å²) in [5.74, 6) is 2.09. The van der Waals surface area contributed by atoms with E-state index in [1.54, 1.807) is 5.51 Å². The molecule has 0 aromatic carbocycles. The van der Waals surface area contributed by atoms with Crippen molar-refractivity contribution >= 4 is 22.3 Å². The molecule has 0 amide bonds. The first kappa shape index (κ1) is 13.4. The summed E-state index contributed by atoms with van der Waals surface area (Å²) in [5.41, 5.74) is 2.82. The quantitative estimate of drug-likeness (QED) is 0.934. The number of hydrogen-bond donors (Lipinski definition) is 1. The summed E-state index contributed by atoms with van der Waals surface area (Å²) < 4.78 is 0. The number of nitrogens with zero attached hydrogens (tertiary/aromatic N) is 5. The Labute approximate surface area is 122 Å². The summed E-state index contributed by atoms with van der Waals surface area (Å²) in [5, 5.41) is 11.8.